The van der Waals surface area contributed by atoms with Crippen LogP contribution in [0.3, 0.4) is 0 Å². The van der Waals surface area contributed by atoms with E-state index in [4.69, 9.17) is 15.0 Å². The molecule has 0 amide bonds. The third-order valence-electron chi connectivity index (χ3n) is 14.2. The van der Waals surface area contributed by atoms with Crippen LogP contribution in [-0.2, 0) is 0 Å². The minimum Gasteiger partial charge on any atom is -0.309 e. The summed E-state index contributed by atoms with van der Waals surface area (Å²) in [7, 11) is 0. The lowest BCUT2D eigenvalue weighted by Crippen LogP contribution is -2.08. The maximum Gasteiger partial charge on any atom is 0.238 e. The topological polar surface area (TPSA) is 58.4 Å². The molecule has 70 heavy (non-hydrogen) atoms. The van der Waals surface area contributed by atoms with E-state index in [1.165, 1.54) is 26.9 Å². The van der Waals surface area contributed by atoms with Gasteiger partial charge in [0.15, 0.2) is 11.6 Å². The lowest BCUT2D eigenvalue weighted by Gasteiger charge is -2.16. The maximum absolute atomic E-state index is 5.58. The lowest BCUT2D eigenvalue weighted by molar-refractivity contribution is 0.949. The fourth-order valence-electron chi connectivity index (χ4n) is 11.3. The van der Waals surface area contributed by atoms with E-state index in [0.29, 0.717) is 17.6 Å². The molecule has 0 radical (unpaired) electrons. The van der Waals surface area contributed by atoms with Gasteiger partial charge in [-0.25, -0.2) is 4.98 Å². The van der Waals surface area contributed by atoms with E-state index in [2.05, 4.69) is 237 Å². The molecule has 0 saturated carbocycles. The molecule has 15 rings (SSSR count). The molecule has 0 saturated heterocycles. The summed E-state index contributed by atoms with van der Waals surface area (Å²) in [5.74, 6) is 1.70. The quantitative estimate of drug-likeness (QED) is 0.167. The van der Waals surface area contributed by atoms with Gasteiger partial charge in [-0.15, -0.1) is 0 Å². The van der Waals surface area contributed by atoms with Crippen LogP contribution in [0.5, 0.6) is 0 Å². The van der Waals surface area contributed by atoms with Crippen LogP contribution in [-0.4, -0.2) is 33.2 Å². The summed E-state index contributed by atoms with van der Waals surface area (Å²) < 4.78 is 9.53. The Morgan fingerprint density at radius 2 is 0.671 bits per heavy atom. The molecule has 10 aromatic carbocycles. The van der Waals surface area contributed by atoms with E-state index in [1.54, 1.807) is 0 Å². The first-order valence-corrected chi connectivity index (χ1v) is 23.7. The number of hydrogen-bond donors (Lipinski definition) is 0. The van der Waals surface area contributed by atoms with Gasteiger partial charge in [-0.05, 0) is 66.7 Å². The van der Waals surface area contributed by atoms with E-state index in [0.717, 1.165) is 88.5 Å². The molecule has 0 aliphatic heterocycles. The molecule has 0 fully saturated rings. The van der Waals surface area contributed by atoms with Crippen molar-refractivity contribution in [3.8, 4) is 45.8 Å². The molecule has 7 nitrogen and oxygen atoms in total. The number of fused-ring (bicyclic) bond motifs is 13. The van der Waals surface area contributed by atoms with Crippen LogP contribution in [0.25, 0.3) is 133 Å². The number of benzene rings is 10. The molecule has 5 aromatic heterocycles. The normalized spacial score (nSPS) is 12.0. The SMILES string of the molecule is c1ccc(-c2nc(-c3cccc(-n4c5ccccc5c5ccccc54)c3)nc(-n3c4ccccc4c4c3c(-n3c5ccccc5c5ccccc53)cc3c5ccccc5n(-c5ccccc5)c34)n2)cc1. The zero-order valence-electron chi connectivity index (χ0n) is 37.6. The van der Waals surface area contributed by atoms with Crippen LogP contribution in [0.15, 0.2) is 237 Å². The van der Waals surface area contributed by atoms with Crippen LogP contribution in [0.1, 0.15) is 0 Å². The second-order valence-electron chi connectivity index (χ2n) is 18.0. The number of nitrogens with zero attached hydrogens (tertiary/aromatic N) is 7. The molecule has 0 unspecified atom stereocenters. The number of para-hydroxylation sites is 7. The standard InChI is InChI=1S/C63H39N7/c1-3-20-40(21-4-1)61-64-62(41-22-19-25-43(38-41)67-51-32-13-7-26-44(51)45-27-8-14-33-52(45)67)66-63(65-61)70-56-37-18-12-31-49(56)58-59-50(48-30-11-15-34-53(48)68(59)42-23-5-2-6-24-42)39-57(60(58)70)69-54-35-16-9-28-46(54)47-29-10-17-36-55(47)69/h1-39H. The van der Waals surface area contributed by atoms with Gasteiger partial charge in [-0.1, -0.05) is 170 Å². The van der Waals surface area contributed by atoms with Gasteiger partial charge >= 0.3 is 0 Å². The highest BCUT2D eigenvalue weighted by Crippen LogP contribution is 2.46. The average Bonchev–Trinajstić information content (AvgIpc) is 4.16. The van der Waals surface area contributed by atoms with Crippen LogP contribution >= 0.6 is 0 Å². The van der Waals surface area contributed by atoms with Crippen LogP contribution in [0.4, 0.5) is 0 Å². The predicted molar refractivity (Wildman–Crippen MR) is 288 cm³/mol. The zero-order chi connectivity index (χ0) is 45.9. The average molecular weight is 894 g/mol. The first-order valence-electron chi connectivity index (χ1n) is 23.7. The van der Waals surface area contributed by atoms with Crippen LogP contribution < -0.4 is 0 Å². The van der Waals surface area contributed by atoms with Gasteiger partial charge in [0.2, 0.25) is 5.95 Å². The Hall–Kier alpha value is -9.59. The smallest absolute Gasteiger partial charge is 0.238 e. The van der Waals surface area contributed by atoms with Crippen molar-refractivity contribution in [2.24, 2.45) is 0 Å². The summed E-state index contributed by atoms with van der Waals surface area (Å²) >= 11 is 0. The van der Waals surface area contributed by atoms with Crippen molar-refractivity contribution in [2.45, 2.75) is 0 Å². The van der Waals surface area contributed by atoms with Gasteiger partial charge in [-0.2, -0.15) is 9.97 Å². The third kappa shape index (κ3) is 5.54. The number of aromatic nitrogens is 7. The second kappa shape index (κ2) is 15.0. The summed E-state index contributed by atoms with van der Waals surface area (Å²) in [6.45, 7) is 0. The van der Waals surface area contributed by atoms with E-state index < -0.39 is 0 Å². The minimum absolute atomic E-state index is 0.529. The van der Waals surface area contributed by atoms with Crippen molar-refractivity contribution in [3.63, 3.8) is 0 Å². The Labute approximate surface area is 401 Å². The summed E-state index contributed by atoms with van der Waals surface area (Å²) in [6.07, 6.45) is 0. The molecule has 0 spiro atoms. The first kappa shape index (κ1) is 38.5. The van der Waals surface area contributed by atoms with Gasteiger partial charge in [0.05, 0.1) is 49.8 Å². The number of hydrogen-bond acceptors (Lipinski definition) is 3. The Kier molecular flexibility index (Phi) is 8.23. The molecule has 5 heterocycles. The van der Waals surface area contributed by atoms with Crippen LogP contribution in [0, 0.1) is 0 Å². The molecule has 0 bridgehead atoms. The summed E-state index contributed by atoms with van der Waals surface area (Å²) in [5, 5.41) is 9.36. The number of rotatable bonds is 6. The lowest BCUT2D eigenvalue weighted by atomic mass is 10.1. The minimum atomic E-state index is 0.529. The molecule has 326 valence electrons. The first-order chi connectivity index (χ1) is 34.8. The molecule has 0 atom stereocenters. The molecule has 0 aliphatic carbocycles. The molecule has 0 N–H and O–H groups in total. The van der Waals surface area contributed by atoms with Crippen molar-refractivity contribution in [3.05, 3.63) is 237 Å². The molecule has 7 heteroatoms. The summed E-state index contributed by atoms with van der Waals surface area (Å²) in [5.41, 5.74) is 13.7. The highest BCUT2D eigenvalue weighted by Gasteiger charge is 2.28. The highest BCUT2D eigenvalue weighted by molar-refractivity contribution is 6.28. The molecular formula is C63H39N7. The van der Waals surface area contributed by atoms with Crippen molar-refractivity contribution < 1.29 is 0 Å². The highest BCUT2D eigenvalue weighted by atomic mass is 15.2. The Morgan fingerprint density at radius 3 is 1.24 bits per heavy atom. The van der Waals surface area contributed by atoms with Crippen molar-refractivity contribution in [1.82, 2.24) is 33.2 Å². The largest absolute Gasteiger partial charge is 0.309 e. The van der Waals surface area contributed by atoms with E-state index in [-0.39, 0.29) is 0 Å². The molecule has 0 aliphatic rings. The van der Waals surface area contributed by atoms with Gasteiger partial charge in [0, 0.05) is 65.6 Å². The Bertz CT molecular complexity index is 4490. The molecular weight excluding hydrogens is 855 g/mol. The fourth-order valence-corrected chi connectivity index (χ4v) is 11.3. The molecule has 15 aromatic rings. The fraction of sp³-hybridized carbons (Fsp3) is 0. The van der Waals surface area contributed by atoms with Gasteiger partial charge in [-0.3, -0.25) is 4.57 Å². The summed E-state index contributed by atoms with van der Waals surface area (Å²) in [6, 6.07) is 84.3. The van der Waals surface area contributed by atoms with Gasteiger partial charge in [0.25, 0.3) is 0 Å². The van der Waals surface area contributed by atoms with E-state index in [1.807, 2.05) is 18.2 Å². The van der Waals surface area contributed by atoms with Crippen LogP contribution in [0.2, 0.25) is 0 Å². The Balaban J connectivity index is 1.10. The second-order valence-corrected chi connectivity index (χ2v) is 18.0. The monoisotopic (exact) mass is 893 g/mol. The van der Waals surface area contributed by atoms with E-state index >= 15 is 0 Å². The Morgan fingerprint density at radius 1 is 0.257 bits per heavy atom. The zero-order valence-corrected chi connectivity index (χ0v) is 37.6. The summed E-state index contributed by atoms with van der Waals surface area (Å²) in [4.78, 5) is 16.4. The maximum atomic E-state index is 5.58. The van der Waals surface area contributed by atoms with Crippen molar-refractivity contribution in [1.29, 1.82) is 0 Å². The van der Waals surface area contributed by atoms with Gasteiger partial charge in [0.1, 0.15) is 0 Å². The van der Waals surface area contributed by atoms with Gasteiger partial charge < -0.3 is 13.7 Å². The third-order valence-corrected chi connectivity index (χ3v) is 14.2. The van der Waals surface area contributed by atoms with Crippen molar-refractivity contribution in [2.75, 3.05) is 0 Å². The predicted octanol–water partition coefficient (Wildman–Crippen LogP) is 15.6. The van der Waals surface area contributed by atoms with E-state index in [9.17, 15) is 0 Å². The van der Waals surface area contributed by atoms with Crippen molar-refractivity contribution >= 4 is 87.2 Å².